The van der Waals surface area contributed by atoms with Gasteiger partial charge in [0.15, 0.2) is 12.4 Å². The van der Waals surface area contributed by atoms with Crippen LogP contribution in [0.2, 0.25) is 0 Å². The molecule has 2 amide bonds. The Hall–Kier alpha value is -4.49. The van der Waals surface area contributed by atoms with Gasteiger partial charge >= 0.3 is 5.97 Å². The third-order valence-corrected chi connectivity index (χ3v) is 7.79. The molecule has 0 saturated carbocycles. The predicted octanol–water partition coefficient (Wildman–Crippen LogP) is 3.91. The van der Waals surface area contributed by atoms with Gasteiger partial charge < -0.3 is 9.47 Å². The van der Waals surface area contributed by atoms with E-state index in [0.717, 1.165) is 47.2 Å². The van der Waals surface area contributed by atoms with Crippen LogP contribution in [-0.2, 0) is 27.2 Å². The average molecular weight is 542 g/mol. The van der Waals surface area contributed by atoms with Crippen LogP contribution in [0, 0.1) is 11.3 Å². The van der Waals surface area contributed by atoms with Crippen LogP contribution in [0.5, 0.6) is 5.75 Å². The minimum absolute atomic E-state index is 0.0234. The summed E-state index contributed by atoms with van der Waals surface area (Å²) >= 11 is 1.14. The molecule has 196 valence electrons. The number of carbonyl (C=O) groups excluding carboxylic acids is 4. The number of methoxy groups -OCH3 is 1. The molecule has 0 radical (unpaired) electrons. The number of amides is 2. The van der Waals surface area contributed by atoms with E-state index < -0.39 is 23.7 Å². The standard InChI is InChI=1S/C29H23N3O6S/c1-37-22-11-7-17(8-12-22)24(33)16-38-29(36)18-5-9-21(10-6-18)32-26(34)14-25(28(32)35)39-27-20(15-30)13-19-3-2-4-23(19)31-27/h5-13,25H,2-4,14,16H2,1H3. The van der Waals surface area contributed by atoms with E-state index in [1.54, 1.807) is 24.3 Å². The summed E-state index contributed by atoms with van der Waals surface area (Å²) in [6.45, 7) is -0.434. The van der Waals surface area contributed by atoms with Crippen molar-refractivity contribution in [1.82, 2.24) is 4.98 Å². The molecule has 2 aliphatic rings. The largest absolute Gasteiger partial charge is 0.497 e. The molecule has 2 heterocycles. The first-order valence-corrected chi connectivity index (χ1v) is 13.2. The number of hydrogen-bond acceptors (Lipinski definition) is 9. The van der Waals surface area contributed by atoms with Gasteiger partial charge in [0, 0.05) is 17.7 Å². The smallest absolute Gasteiger partial charge is 0.338 e. The summed E-state index contributed by atoms with van der Waals surface area (Å²) in [5.41, 5.74) is 3.30. The van der Waals surface area contributed by atoms with Crippen LogP contribution in [0.25, 0.3) is 0 Å². The summed E-state index contributed by atoms with van der Waals surface area (Å²) in [5.74, 6) is -1.25. The van der Waals surface area contributed by atoms with Crippen LogP contribution in [0.15, 0.2) is 59.6 Å². The van der Waals surface area contributed by atoms with Crippen molar-refractivity contribution in [2.24, 2.45) is 0 Å². The number of Topliss-reactive ketones (excluding diaryl/α,β-unsaturated/α-hetero) is 1. The summed E-state index contributed by atoms with van der Waals surface area (Å²) in [6.07, 6.45) is 2.69. The predicted molar refractivity (Wildman–Crippen MR) is 142 cm³/mol. The molecule has 9 nitrogen and oxygen atoms in total. The molecule has 1 aliphatic heterocycles. The Kier molecular flexibility index (Phi) is 7.43. The molecule has 0 N–H and O–H groups in total. The zero-order valence-electron chi connectivity index (χ0n) is 21.0. The number of esters is 1. The number of anilines is 1. The third-order valence-electron chi connectivity index (χ3n) is 6.60. The van der Waals surface area contributed by atoms with E-state index in [4.69, 9.17) is 9.47 Å². The molecule has 1 fully saturated rings. The van der Waals surface area contributed by atoms with Crippen LogP contribution in [-0.4, -0.2) is 47.5 Å². The zero-order valence-corrected chi connectivity index (χ0v) is 21.8. The van der Waals surface area contributed by atoms with Gasteiger partial charge in [0.2, 0.25) is 11.8 Å². The summed E-state index contributed by atoms with van der Waals surface area (Å²) in [4.78, 5) is 56.4. The molecular formula is C29H23N3O6S. The Morgan fingerprint density at radius 2 is 1.79 bits per heavy atom. The second-order valence-electron chi connectivity index (χ2n) is 9.06. The fourth-order valence-electron chi connectivity index (χ4n) is 4.55. The number of rotatable bonds is 8. The second-order valence-corrected chi connectivity index (χ2v) is 10.3. The number of benzene rings is 2. The maximum Gasteiger partial charge on any atom is 0.338 e. The van der Waals surface area contributed by atoms with Gasteiger partial charge in [0.1, 0.15) is 16.8 Å². The fraction of sp³-hybridized carbons (Fsp3) is 0.241. The minimum Gasteiger partial charge on any atom is -0.497 e. The monoisotopic (exact) mass is 541 g/mol. The zero-order chi connectivity index (χ0) is 27.5. The number of aromatic nitrogens is 1. The van der Waals surface area contributed by atoms with Gasteiger partial charge in [0.25, 0.3) is 0 Å². The first-order chi connectivity index (χ1) is 18.9. The topological polar surface area (TPSA) is 127 Å². The number of hydrogen-bond donors (Lipinski definition) is 0. The number of aryl methyl sites for hydroxylation is 2. The van der Waals surface area contributed by atoms with Crippen molar-refractivity contribution in [1.29, 1.82) is 5.26 Å². The van der Waals surface area contributed by atoms with Gasteiger partial charge in [-0.15, -0.1) is 0 Å². The highest BCUT2D eigenvalue weighted by Gasteiger charge is 2.41. The number of ketones is 1. The normalized spacial score (nSPS) is 16.1. The molecule has 2 aromatic carbocycles. The lowest BCUT2D eigenvalue weighted by Gasteiger charge is -2.15. The summed E-state index contributed by atoms with van der Waals surface area (Å²) in [6, 6.07) is 16.3. The van der Waals surface area contributed by atoms with Gasteiger partial charge in [0.05, 0.1) is 29.2 Å². The number of imide groups is 1. The number of nitrogens with zero attached hydrogens (tertiary/aromatic N) is 3. The molecule has 5 rings (SSSR count). The molecule has 1 aliphatic carbocycles. The molecule has 1 unspecified atom stereocenters. The molecule has 1 aromatic heterocycles. The number of ether oxygens (including phenoxy) is 2. The quantitative estimate of drug-likeness (QED) is 0.237. The highest BCUT2D eigenvalue weighted by molar-refractivity contribution is 8.00. The fourth-order valence-corrected chi connectivity index (χ4v) is 5.64. The van der Waals surface area contributed by atoms with Crippen molar-refractivity contribution in [2.45, 2.75) is 36.0 Å². The van der Waals surface area contributed by atoms with E-state index in [2.05, 4.69) is 11.1 Å². The summed E-state index contributed by atoms with van der Waals surface area (Å²) in [5, 5.41) is 9.32. The third kappa shape index (κ3) is 5.40. The van der Waals surface area contributed by atoms with E-state index in [9.17, 15) is 24.4 Å². The van der Waals surface area contributed by atoms with E-state index in [1.165, 1.54) is 31.4 Å². The van der Waals surface area contributed by atoms with E-state index in [-0.39, 0.29) is 23.7 Å². The molecular weight excluding hydrogens is 518 g/mol. The highest BCUT2D eigenvalue weighted by Crippen LogP contribution is 2.36. The van der Waals surface area contributed by atoms with Gasteiger partial charge in [-0.3, -0.25) is 14.4 Å². The minimum atomic E-state index is -0.706. The van der Waals surface area contributed by atoms with E-state index >= 15 is 0 Å². The van der Waals surface area contributed by atoms with Gasteiger partial charge in [-0.05, 0) is 79.4 Å². The van der Waals surface area contributed by atoms with Crippen molar-refractivity contribution in [3.63, 3.8) is 0 Å². The van der Waals surface area contributed by atoms with E-state index in [1.807, 2.05) is 6.07 Å². The number of pyridine rings is 1. The van der Waals surface area contributed by atoms with Gasteiger partial charge in [-0.25, -0.2) is 14.7 Å². The van der Waals surface area contributed by atoms with Gasteiger partial charge in [-0.2, -0.15) is 5.26 Å². The Labute approximate surface area is 228 Å². The van der Waals surface area contributed by atoms with E-state index in [0.29, 0.717) is 27.6 Å². The van der Waals surface area contributed by atoms with Crippen molar-refractivity contribution in [3.05, 3.63) is 82.5 Å². The Morgan fingerprint density at radius 3 is 2.49 bits per heavy atom. The lowest BCUT2D eigenvalue weighted by molar-refractivity contribution is -0.121. The molecule has 39 heavy (non-hydrogen) atoms. The van der Waals surface area contributed by atoms with Crippen LogP contribution in [0.1, 0.15) is 50.4 Å². The molecule has 0 bridgehead atoms. The highest BCUT2D eigenvalue weighted by atomic mass is 32.2. The molecule has 0 spiro atoms. The average Bonchev–Trinajstić information content (AvgIpc) is 3.53. The summed E-state index contributed by atoms with van der Waals surface area (Å²) < 4.78 is 10.2. The van der Waals surface area contributed by atoms with Crippen LogP contribution >= 0.6 is 11.8 Å². The summed E-state index contributed by atoms with van der Waals surface area (Å²) in [7, 11) is 1.52. The number of carbonyl (C=O) groups is 4. The Morgan fingerprint density at radius 1 is 1.08 bits per heavy atom. The van der Waals surface area contributed by atoms with Crippen molar-refractivity contribution < 1.29 is 28.7 Å². The number of nitriles is 1. The van der Waals surface area contributed by atoms with Crippen LogP contribution in [0.3, 0.4) is 0 Å². The number of thioether (sulfide) groups is 1. The molecule has 1 saturated heterocycles. The lowest BCUT2D eigenvalue weighted by atomic mass is 10.1. The van der Waals surface area contributed by atoms with Crippen LogP contribution < -0.4 is 9.64 Å². The Balaban J connectivity index is 1.22. The van der Waals surface area contributed by atoms with Crippen molar-refractivity contribution in [3.8, 4) is 11.8 Å². The Bertz CT molecular complexity index is 1510. The number of fused-ring (bicyclic) bond motifs is 1. The second kappa shape index (κ2) is 11.1. The first-order valence-electron chi connectivity index (χ1n) is 12.3. The van der Waals surface area contributed by atoms with Crippen LogP contribution in [0.4, 0.5) is 5.69 Å². The lowest BCUT2D eigenvalue weighted by Crippen LogP contribution is -2.31. The maximum absolute atomic E-state index is 13.2. The molecule has 1 atom stereocenters. The molecule has 10 heteroatoms. The first kappa shape index (κ1) is 26.1. The van der Waals surface area contributed by atoms with Crippen molar-refractivity contribution >= 4 is 41.0 Å². The molecule has 3 aromatic rings. The SMILES string of the molecule is COc1ccc(C(=O)COC(=O)c2ccc(N3C(=O)CC(Sc4nc5c(cc4C#N)CCC5)C3=O)cc2)cc1. The maximum atomic E-state index is 13.2. The van der Waals surface area contributed by atoms with Gasteiger partial charge in [-0.1, -0.05) is 11.8 Å². The van der Waals surface area contributed by atoms with Crippen molar-refractivity contribution in [2.75, 3.05) is 18.6 Å².